The molecule has 2 N–H and O–H groups in total. The number of nitrogens with zero attached hydrogens (tertiary/aromatic N) is 1. The number of rotatable bonds is 4. The van der Waals surface area contributed by atoms with Crippen LogP contribution < -0.4 is 0 Å². The van der Waals surface area contributed by atoms with Crippen LogP contribution in [0.2, 0.25) is 5.02 Å². The van der Waals surface area contributed by atoms with Crippen molar-refractivity contribution >= 4 is 34.9 Å². The van der Waals surface area contributed by atoms with E-state index in [2.05, 4.69) is 4.98 Å². The van der Waals surface area contributed by atoms with E-state index >= 15 is 0 Å². The second kappa shape index (κ2) is 7.09. The number of aromatic nitrogens is 1. The third-order valence-corrected chi connectivity index (χ3v) is 5.28. The highest BCUT2D eigenvalue weighted by molar-refractivity contribution is 7.15. The lowest BCUT2D eigenvalue weighted by Gasteiger charge is -2.17. The lowest BCUT2D eigenvalue weighted by Crippen LogP contribution is -2.11. The number of halogens is 2. The molecule has 0 unspecified atom stereocenters. The number of hydrogen-bond donors (Lipinski definition) is 2. The summed E-state index contributed by atoms with van der Waals surface area (Å²) in [7, 11) is 0. The Morgan fingerprint density at radius 1 is 1.07 bits per heavy atom. The first-order valence-corrected chi connectivity index (χ1v) is 8.92. The molecule has 0 fully saturated rings. The number of thiazole rings is 1. The fourth-order valence-electron chi connectivity index (χ4n) is 2.96. The van der Waals surface area contributed by atoms with Gasteiger partial charge in [0.05, 0.1) is 26.0 Å². The van der Waals surface area contributed by atoms with Crippen molar-refractivity contribution in [3.8, 4) is 21.6 Å². The summed E-state index contributed by atoms with van der Waals surface area (Å²) in [5.41, 5.74) is 0.627. The zero-order valence-corrected chi connectivity index (χ0v) is 15.8. The number of carbonyl (C=O) groups is 2. The summed E-state index contributed by atoms with van der Waals surface area (Å²) in [6.45, 7) is 3.32. The molecular weight excluding hydrogens is 393 g/mol. The summed E-state index contributed by atoms with van der Waals surface area (Å²) in [5, 5.41) is 20.3. The Labute approximate surface area is 162 Å². The first-order valence-electron chi connectivity index (χ1n) is 7.73. The van der Waals surface area contributed by atoms with E-state index in [4.69, 9.17) is 11.6 Å². The minimum Gasteiger partial charge on any atom is -0.478 e. The molecule has 0 spiro atoms. The van der Waals surface area contributed by atoms with Crippen LogP contribution in [-0.2, 0) is 0 Å². The largest absolute Gasteiger partial charge is 0.478 e. The van der Waals surface area contributed by atoms with Gasteiger partial charge in [0.25, 0.3) is 0 Å². The second-order valence-corrected chi connectivity index (χ2v) is 7.49. The number of carboxylic acid groups (broad SMARTS) is 2. The predicted octanol–water partition coefficient (Wildman–Crippen LogP) is 5.28. The lowest BCUT2D eigenvalue weighted by atomic mass is 9.88. The maximum absolute atomic E-state index is 13.4. The van der Waals surface area contributed by atoms with Crippen molar-refractivity contribution in [1.82, 2.24) is 4.98 Å². The fourth-order valence-corrected chi connectivity index (χ4v) is 4.06. The fraction of sp³-hybridized carbons (Fsp3) is 0.105. The zero-order valence-electron chi connectivity index (χ0n) is 14.2. The van der Waals surface area contributed by atoms with Crippen LogP contribution >= 0.6 is 22.9 Å². The summed E-state index contributed by atoms with van der Waals surface area (Å²) in [6.07, 6.45) is 1.45. The molecule has 3 rings (SSSR count). The van der Waals surface area contributed by atoms with Gasteiger partial charge >= 0.3 is 11.9 Å². The molecule has 5 nitrogen and oxygen atoms in total. The van der Waals surface area contributed by atoms with Crippen molar-refractivity contribution in [2.24, 2.45) is 0 Å². The monoisotopic (exact) mass is 405 g/mol. The normalized spacial score (nSPS) is 10.8. The van der Waals surface area contributed by atoms with E-state index in [1.54, 1.807) is 13.8 Å². The van der Waals surface area contributed by atoms with Crippen molar-refractivity contribution in [3.63, 3.8) is 0 Å². The van der Waals surface area contributed by atoms with Crippen molar-refractivity contribution in [2.75, 3.05) is 0 Å². The highest BCUT2D eigenvalue weighted by Gasteiger charge is 2.28. The zero-order chi connectivity index (χ0) is 19.9. The van der Waals surface area contributed by atoms with Crippen LogP contribution in [0.1, 0.15) is 31.3 Å². The van der Waals surface area contributed by atoms with Crippen LogP contribution in [0.25, 0.3) is 21.6 Å². The molecule has 0 saturated heterocycles. The topological polar surface area (TPSA) is 87.5 Å². The van der Waals surface area contributed by atoms with E-state index in [0.717, 1.165) is 6.07 Å². The van der Waals surface area contributed by atoms with Crippen LogP contribution in [0, 0.1) is 19.7 Å². The van der Waals surface area contributed by atoms with Gasteiger partial charge in [-0.2, -0.15) is 0 Å². The summed E-state index contributed by atoms with van der Waals surface area (Å²) in [5.74, 6) is -3.11. The van der Waals surface area contributed by atoms with Crippen LogP contribution in [0.3, 0.4) is 0 Å². The van der Waals surface area contributed by atoms with Crippen molar-refractivity contribution < 1.29 is 24.2 Å². The summed E-state index contributed by atoms with van der Waals surface area (Å²) in [4.78, 5) is 28.5. The first-order chi connectivity index (χ1) is 12.7. The number of hydrogen-bond acceptors (Lipinski definition) is 4. The van der Waals surface area contributed by atoms with E-state index in [1.807, 2.05) is 0 Å². The second-order valence-electron chi connectivity index (χ2n) is 5.84. The lowest BCUT2D eigenvalue weighted by molar-refractivity contribution is 0.0695. The van der Waals surface area contributed by atoms with Gasteiger partial charge in [0.15, 0.2) is 0 Å². The Morgan fingerprint density at radius 2 is 1.74 bits per heavy atom. The Balaban J connectivity index is 2.48. The third kappa shape index (κ3) is 3.43. The molecule has 0 radical (unpaired) electrons. The van der Waals surface area contributed by atoms with Crippen LogP contribution in [0.4, 0.5) is 4.39 Å². The van der Waals surface area contributed by atoms with E-state index < -0.39 is 17.8 Å². The van der Waals surface area contributed by atoms with Crippen molar-refractivity contribution in [3.05, 3.63) is 63.0 Å². The molecule has 0 bridgehead atoms. The van der Waals surface area contributed by atoms with Crippen molar-refractivity contribution in [1.29, 1.82) is 0 Å². The van der Waals surface area contributed by atoms with Gasteiger partial charge in [-0.05, 0) is 49.2 Å². The van der Waals surface area contributed by atoms with Gasteiger partial charge in [-0.25, -0.2) is 19.0 Å². The highest BCUT2D eigenvalue weighted by Crippen LogP contribution is 2.41. The van der Waals surface area contributed by atoms with Crippen LogP contribution in [-0.4, -0.2) is 27.1 Å². The van der Waals surface area contributed by atoms with Crippen LogP contribution in [0.5, 0.6) is 0 Å². The molecule has 8 heteroatoms. The first kappa shape index (κ1) is 19.0. The number of aryl methyl sites for hydroxylation is 2. The van der Waals surface area contributed by atoms with Gasteiger partial charge in [0.2, 0.25) is 0 Å². The van der Waals surface area contributed by atoms with Gasteiger partial charge in [-0.15, -0.1) is 11.3 Å². The van der Waals surface area contributed by atoms with E-state index in [-0.39, 0.29) is 27.3 Å². The smallest absolute Gasteiger partial charge is 0.337 e. The van der Waals surface area contributed by atoms with E-state index in [0.29, 0.717) is 21.0 Å². The number of carboxylic acids is 2. The molecule has 0 aliphatic heterocycles. The molecule has 1 heterocycles. The highest BCUT2D eigenvalue weighted by atomic mass is 35.5. The standard InChI is InChI=1S/C19H13ClFNO4S/c1-8-5-12(11-4-3-10(21)6-13(11)20)16(19(25)26)17(15(8)18(23)24)14-7-22-9(2)27-14/h3-7H,1-2H3,(H,23,24)(H,25,26). The summed E-state index contributed by atoms with van der Waals surface area (Å²) in [6, 6.07) is 5.08. The molecule has 0 saturated carbocycles. The van der Waals surface area contributed by atoms with Gasteiger partial charge < -0.3 is 10.2 Å². The maximum atomic E-state index is 13.4. The summed E-state index contributed by atoms with van der Waals surface area (Å²) >= 11 is 7.33. The minimum atomic E-state index is -1.31. The Morgan fingerprint density at radius 3 is 2.26 bits per heavy atom. The molecule has 0 aliphatic carbocycles. The molecular formula is C19H13ClFNO4S. The molecule has 0 atom stereocenters. The Bertz CT molecular complexity index is 1090. The average molecular weight is 406 g/mol. The molecule has 138 valence electrons. The molecule has 2 aromatic carbocycles. The third-order valence-electron chi connectivity index (χ3n) is 4.04. The van der Waals surface area contributed by atoms with Crippen LogP contribution in [0.15, 0.2) is 30.5 Å². The quantitative estimate of drug-likeness (QED) is 0.616. The molecule has 0 aliphatic rings. The van der Waals surface area contributed by atoms with E-state index in [9.17, 15) is 24.2 Å². The predicted molar refractivity (Wildman–Crippen MR) is 101 cm³/mol. The molecule has 0 amide bonds. The maximum Gasteiger partial charge on any atom is 0.337 e. The van der Waals surface area contributed by atoms with Gasteiger partial charge in [0.1, 0.15) is 5.82 Å². The molecule has 3 aromatic rings. The SMILES string of the molecule is Cc1ncc(-c2c(C(=O)O)c(C)cc(-c3ccc(F)cc3Cl)c2C(=O)O)s1. The average Bonchev–Trinajstić information content (AvgIpc) is 2.99. The summed E-state index contributed by atoms with van der Waals surface area (Å²) < 4.78 is 13.4. The molecule has 27 heavy (non-hydrogen) atoms. The van der Waals surface area contributed by atoms with Crippen molar-refractivity contribution in [2.45, 2.75) is 13.8 Å². The van der Waals surface area contributed by atoms with Gasteiger partial charge in [0, 0.05) is 17.3 Å². The minimum absolute atomic E-state index is 0.0337. The number of benzene rings is 2. The Hall–Kier alpha value is -2.77. The Kier molecular flexibility index (Phi) is 4.99. The van der Waals surface area contributed by atoms with Gasteiger partial charge in [-0.1, -0.05) is 11.6 Å². The molecule has 1 aromatic heterocycles. The van der Waals surface area contributed by atoms with Gasteiger partial charge in [-0.3, -0.25) is 0 Å². The van der Waals surface area contributed by atoms with E-state index in [1.165, 1.54) is 35.7 Å². The number of aromatic carboxylic acids is 2.